The molecule has 20 heavy (non-hydrogen) atoms. The molecule has 1 atom stereocenters. The fraction of sp³-hybridized carbons (Fsp3) is 0.294. The molecule has 0 nitrogen and oxygen atoms in total. The first-order valence-electron chi connectivity index (χ1n) is 6.48. The highest BCUT2D eigenvalue weighted by atomic mass is 79.9. The average molecular weight is 400 g/mol. The summed E-state index contributed by atoms with van der Waals surface area (Å²) in [6.45, 7) is 6.58. The first-order chi connectivity index (χ1) is 9.27. The molecule has 1 unspecified atom stereocenters. The van der Waals surface area contributed by atoms with E-state index in [4.69, 9.17) is 0 Å². The zero-order chi connectivity index (χ0) is 14.9. The van der Waals surface area contributed by atoms with Crippen molar-refractivity contribution in [3.63, 3.8) is 0 Å². The molecule has 0 bridgehead atoms. The summed E-state index contributed by atoms with van der Waals surface area (Å²) in [5, 5.41) is 0. The Labute approximate surface area is 136 Å². The zero-order valence-electron chi connectivity index (χ0n) is 11.8. The minimum atomic E-state index is -0.231. The van der Waals surface area contributed by atoms with E-state index in [0.29, 0.717) is 0 Å². The van der Waals surface area contributed by atoms with Gasteiger partial charge in [-0.25, -0.2) is 4.39 Å². The molecule has 0 aliphatic heterocycles. The lowest BCUT2D eigenvalue weighted by molar-refractivity contribution is 0.590. The fourth-order valence-corrected chi connectivity index (χ4v) is 3.12. The normalized spacial score (nSPS) is 13.3. The van der Waals surface area contributed by atoms with Gasteiger partial charge in [0.15, 0.2) is 0 Å². The summed E-state index contributed by atoms with van der Waals surface area (Å²) in [6, 6.07) is 13.4. The van der Waals surface area contributed by atoms with E-state index in [1.54, 1.807) is 6.07 Å². The van der Waals surface area contributed by atoms with Crippen LogP contribution in [0.2, 0.25) is 0 Å². The van der Waals surface area contributed by atoms with E-state index >= 15 is 0 Å². The molecule has 0 saturated carbocycles. The van der Waals surface area contributed by atoms with Crippen molar-refractivity contribution >= 4 is 31.9 Å². The summed E-state index contributed by atoms with van der Waals surface area (Å²) >= 11 is 6.98. The van der Waals surface area contributed by atoms with E-state index in [1.165, 1.54) is 11.6 Å². The smallest absolute Gasteiger partial charge is 0.124 e. The van der Waals surface area contributed by atoms with Gasteiger partial charge in [-0.05, 0) is 40.3 Å². The Bertz CT molecular complexity index is 577. The lowest BCUT2D eigenvalue weighted by Crippen LogP contribution is -2.10. The van der Waals surface area contributed by atoms with Crippen LogP contribution in [-0.4, -0.2) is 0 Å². The number of hydrogen-bond donors (Lipinski definition) is 0. The lowest BCUT2D eigenvalue weighted by Gasteiger charge is -2.20. The fourth-order valence-electron chi connectivity index (χ4n) is 2.07. The molecule has 0 aliphatic rings. The van der Waals surface area contributed by atoms with Crippen molar-refractivity contribution in [2.75, 3.05) is 0 Å². The molecule has 0 N–H and O–H groups in total. The Morgan fingerprint density at radius 3 is 2.05 bits per heavy atom. The maximum Gasteiger partial charge on any atom is 0.124 e. The highest BCUT2D eigenvalue weighted by molar-refractivity contribution is 9.10. The SMILES string of the molecule is CC(C)(C)c1ccc(C(Br)c2cc(F)cc(Br)c2)cc1. The maximum atomic E-state index is 13.5. The van der Waals surface area contributed by atoms with Crippen molar-refractivity contribution < 1.29 is 4.39 Å². The van der Waals surface area contributed by atoms with Crippen molar-refractivity contribution in [2.45, 2.75) is 31.0 Å². The molecule has 0 spiro atoms. The molecule has 106 valence electrons. The van der Waals surface area contributed by atoms with Crippen LogP contribution in [0.3, 0.4) is 0 Å². The van der Waals surface area contributed by atoms with Crippen molar-refractivity contribution in [1.29, 1.82) is 0 Å². The minimum Gasteiger partial charge on any atom is -0.207 e. The second-order valence-electron chi connectivity index (χ2n) is 5.94. The predicted octanol–water partition coefficient (Wildman–Crippen LogP) is 6.37. The highest BCUT2D eigenvalue weighted by Crippen LogP contribution is 2.34. The van der Waals surface area contributed by atoms with Crippen LogP contribution < -0.4 is 0 Å². The van der Waals surface area contributed by atoms with Gasteiger partial charge in [-0.1, -0.05) is 76.9 Å². The molecule has 0 heterocycles. The molecule has 0 aliphatic carbocycles. The van der Waals surface area contributed by atoms with Crippen LogP contribution in [0, 0.1) is 5.82 Å². The van der Waals surface area contributed by atoms with Crippen LogP contribution in [0.15, 0.2) is 46.9 Å². The molecular formula is C17H17Br2F. The number of benzene rings is 2. The van der Waals surface area contributed by atoms with Gasteiger partial charge in [0.25, 0.3) is 0 Å². The molecule has 0 aromatic heterocycles. The summed E-state index contributed by atoms with van der Waals surface area (Å²) in [6.07, 6.45) is 0. The van der Waals surface area contributed by atoms with Crippen molar-refractivity contribution in [3.8, 4) is 0 Å². The third kappa shape index (κ3) is 3.70. The predicted molar refractivity (Wildman–Crippen MR) is 90.0 cm³/mol. The van der Waals surface area contributed by atoms with Crippen molar-refractivity contribution in [1.82, 2.24) is 0 Å². The van der Waals surface area contributed by atoms with Crippen LogP contribution in [-0.2, 0) is 5.41 Å². The van der Waals surface area contributed by atoms with Crippen LogP contribution >= 0.6 is 31.9 Å². The first kappa shape index (κ1) is 15.7. The van der Waals surface area contributed by atoms with Gasteiger partial charge < -0.3 is 0 Å². The molecule has 2 aromatic rings. The Hall–Kier alpha value is -0.670. The average Bonchev–Trinajstić information content (AvgIpc) is 2.36. The van der Waals surface area contributed by atoms with Crippen LogP contribution in [0.4, 0.5) is 4.39 Å². The van der Waals surface area contributed by atoms with E-state index in [2.05, 4.69) is 76.9 Å². The molecule has 2 rings (SSSR count). The van der Waals surface area contributed by atoms with Gasteiger partial charge >= 0.3 is 0 Å². The molecule has 0 saturated heterocycles. The molecule has 2 aromatic carbocycles. The Kier molecular flexibility index (Phi) is 4.70. The second-order valence-corrected chi connectivity index (χ2v) is 7.77. The summed E-state index contributed by atoms with van der Waals surface area (Å²) < 4.78 is 14.2. The zero-order valence-corrected chi connectivity index (χ0v) is 14.9. The first-order valence-corrected chi connectivity index (χ1v) is 8.19. The van der Waals surface area contributed by atoms with E-state index < -0.39 is 0 Å². The van der Waals surface area contributed by atoms with Gasteiger partial charge in [0.1, 0.15) is 5.82 Å². The Morgan fingerprint density at radius 2 is 1.55 bits per heavy atom. The Morgan fingerprint density at radius 1 is 0.950 bits per heavy atom. The Balaban J connectivity index is 2.31. The minimum absolute atomic E-state index is 0.0106. The van der Waals surface area contributed by atoms with Gasteiger partial charge in [-0.3, -0.25) is 0 Å². The summed E-state index contributed by atoms with van der Waals surface area (Å²) in [5.41, 5.74) is 3.46. The number of alkyl halides is 1. The second kappa shape index (κ2) is 5.98. The number of rotatable bonds is 2. The quantitative estimate of drug-likeness (QED) is 0.514. The van der Waals surface area contributed by atoms with Crippen LogP contribution in [0.5, 0.6) is 0 Å². The van der Waals surface area contributed by atoms with E-state index in [-0.39, 0.29) is 16.1 Å². The summed E-state index contributed by atoms with van der Waals surface area (Å²) in [5.74, 6) is -0.231. The van der Waals surface area contributed by atoms with Gasteiger partial charge in [0.2, 0.25) is 0 Å². The lowest BCUT2D eigenvalue weighted by atomic mass is 9.86. The van der Waals surface area contributed by atoms with E-state index in [0.717, 1.165) is 15.6 Å². The van der Waals surface area contributed by atoms with Gasteiger partial charge in [-0.15, -0.1) is 0 Å². The molecule has 0 radical (unpaired) electrons. The number of hydrogen-bond acceptors (Lipinski definition) is 0. The van der Waals surface area contributed by atoms with Crippen molar-refractivity contribution in [2.24, 2.45) is 0 Å². The number of halogens is 3. The summed E-state index contributed by atoms with van der Waals surface area (Å²) in [4.78, 5) is -0.0106. The van der Waals surface area contributed by atoms with E-state index in [1.807, 2.05) is 6.07 Å². The van der Waals surface area contributed by atoms with Crippen LogP contribution in [0.25, 0.3) is 0 Å². The van der Waals surface area contributed by atoms with E-state index in [9.17, 15) is 4.39 Å². The van der Waals surface area contributed by atoms with Gasteiger partial charge in [-0.2, -0.15) is 0 Å². The largest absolute Gasteiger partial charge is 0.207 e. The monoisotopic (exact) mass is 398 g/mol. The van der Waals surface area contributed by atoms with Gasteiger partial charge in [0, 0.05) is 4.47 Å². The summed E-state index contributed by atoms with van der Waals surface area (Å²) in [7, 11) is 0. The maximum absolute atomic E-state index is 13.5. The third-order valence-corrected chi connectivity index (χ3v) is 4.76. The van der Waals surface area contributed by atoms with Gasteiger partial charge in [0.05, 0.1) is 4.83 Å². The highest BCUT2D eigenvalue weighted by Gasteiger charge is 2.16. The molecular weight excluding hydrogens is 383 g/mol. The molecule has 3 heteroatoms. The van der Waals surface area contributed by atoms with Crippen molar-refractivity contribution in [3.05, 3.63) is 69.4 Å². The standard InChI is InChI=1S/C17H17Br2F/c1-17(2,3)13-6-4-11(5-7-13)16(19)12-8-14(18)10-15(20)9-12/h4-10,16H,1-3H3. The molecule has 0 fully saturated rings. The molecule has 0 amide bonds. The third-order valence-electron chi connectivity index (χ3n) is 3.25. The topological polar surface area (TPSA) is 0 Å². The van der Waals surface area contributed by atoms with Crippen LogP contribution in [0.1, 0.15) is 42.3 Å².